The fourth-order valence-corrected chi connectivity index (χ4v) is 3.12. The van der Waals surface area contributed by atoms with Crippen LogP contribution < -0.4 is 20.4 Å². The van der Waals surface area contributed by atoms with Crippen molar-refractivity contribution in [2.24, 2.45) is 5.10 Å². The zero-order valence-corrected chi connectivity index (χ0v) is 17.8. The third kappa shape index (κ3) is 5.68. The Morgan fingerprint density at radius 1 is 1.12 bits per heavy atom. The number of para-hydroxylation sites is 1. The molecule has 170 valence electrons. The number of hydrogen-bond acceptors (Lipinski definition) is 11. The average molecular weight is 450 g/mol. The quantitative estimate of drug-likeness (QED) is 0.299. The summed E-state index contributed by atoms with van der Waals surface area (Å²) in [5, 5.41) is 18.5. The van der Waals surface area contributed by atoms with Gasteiger partial charge in [0.15, 0.2) is 5.75 Å². The van der Waals surface area contributed by atoms with Gasteiger partial charge in [0, 0.05) is 30.4 Å². The molecule has 0 amide bonds. The highest BCUT2D eigenvalue weighted by Crippen LogP contribution is 2.27. The van der Waals surface area contributed by atoms with E-state index in [1.54, 1.807) is 6.07 Å². The van der Waals surface area contributed by atoms with E-state index >= 15 is 0 Å². The molecule has 2 N–H and O–H groups in total. The maximum atomic E-state index is 11.2. The summed E-state index contributed by atoms with van der Waals surface area (Å²) in [4.78, 5) is 26.1. The van der Waals surface area contributed by atoms with E-state index in [1.807, 2.05) is 35.2 Å². The van der Waals surface area contributed by atoms with Gasteiger partial charge in [-0.05, 0) is 24.3 Å². The summed E-state index contributed by atoms with van der Waals surface area (Å²) in [6.45, 7) is 2.49. The van der Waals surface area contributed by atoms with Crippen LogP contribution in [0.2, 0.25) is 0 Å². The standard InChI is InChI=1S/C21H22N8O4/c1-32-18-8-7-15(13-17(18)29(30)31)14-22-27-20-24-19(23-16-5-3-2-4-6-16)25-21(26-20)28-9-11-33-12-10-28/h2-8,13-14H,9-12H2,1H3,(H2,23,24,25,26,27)/b22-14+. The zero-order valence-electron chi connectivity index (χ0n) is 17.8. The second-order valence-electron chi connectivity index (χ2n) is 6.93. The van der Waals surface area contributed by atoms with Crippen molar-refractivity contribution in [3.8, 4) is 5.75 Å². The van der Waals surface area contributed by atoms with Crippen molar-refractivity contribution in [1.82, 2.24) is 15.0 Å². The highest BCUT2D eigenvalue weighted by Gasteiger charge is 2.17. The molecule has 0 aliphatic carbocycles. The number of morpholine rings is 1. The minimum Gasteiger partial charge on any atom is -0.490 e. The van der Waals surface area contributed by atoms with Crippen LogP contribution >= 0.6 is 0 Å². The molecular weight excluding hydrogens is 428 g/mol. The number of benzene rings is 2. The van der Waals surface area contributed by atoms with E-state index in [0.717, 1.165) is 5.69 Å². The minimum atomic E-state index is -0.508. The third-order valence-corrected chi connectivity index (χ3v) is 4.73. The summed E-state index contributed by atoms with van der Waals surface area (Å²) >= 11 is 0. The second kappa shape index (κ2) is 10.3. The fraction of sp³-hybridized carbons (Fsp3) is 0.238. The van der Waals surface area contributed by atoms with E-state index in [4.69, 9.17) is 9.47 Å². The molecule has 0 bridgehead atoms. The predicted octanol–water partition coefficient (Wildman–Crippen LogP) is 2.81. The number of anilines is 4. The van der Waals surface area contributed by atoms with Crippen LogP contribution in [0.15, 0.2) is 53.6 Å². The molecule has 1 aromatic heterocycles. The van der Waals surface area contributed by atoms with E-state index in [1.165, 1.54) is 25.5 Å². The lowest BCUT2D eigenvalue weighted by Gasteiger charge is -2.27. The van der Waals surface area contributed by atoms with Crippen molar-refractivity contribution < 1.29 is 14.4 Å². The van der Waals surface area contributed by atoms with Crippen LogP contribution in [0.1, 0.15) is 5.56 Å². The number of nitro groups is 1. The van der Waals surface area contributed by atoms with E-state index in [9.17, 15) is 10.1 Å². The summed E-state index contributed by atoms with van der Waals surface area (Å²) in [6, 6.07) is 14.1. The molecule has 3 aromatic rings. The lowest BCUT2D eigenvalue weighted by molar-refractivity contribution is -0.385. The van der Waals surface area contributed by atoms with Gasteiger partial charge in [0.1, 0.15) is 0 Å². The number of hydrazone groups is 1. The van der Waals surface area contributed by atoms with Crippen LogP contribution in [0.4, 0.5) is 29.2 Å². The number of ether oxygens (including phenoxy) is 2. The molecule has 1 saturated heterocycles. The van der Waals surface area contributed by atoms with E-state index in [0.29, 0.717) is 43.8 Å². The molecule has 0 atom stereocenters. The zero-order chi connectivity index (χ0) is 23.0. The van der Waals surface area contributed by atoms with Gasteiger partial charge in [-0.1, -0.05) is 18.2 Å². The first-order chi connectivity index (χ1) is 16.1. The SMILES string of the molecule is COc1ccc(/C=N/Nc2nc(Nc3ccccc3)nc(N3CCOCC3)n2)cc1[N+](=O)[O-]. The third-order valence-electron chi connectivity index (χ3n) is 4.73. The van der Waals surface area contributed by atoms with E-state index in [-0.39, 0.29) is 17.4 Å². The molecule has 0 unspecified atom stereocenters. The molecular formula is C21H22N8O4. The van der Waals surface area contributed by atoms with Gasteiger partial charge >= 0.3 is 5.69 Å². The van der Waals surface area contributed by atoms with Crippen molar-refractivity contribution in [1.29, 1.82) is 0 Å². The first kappa shape index (κ1) is 21.9. The van der Waals surface area contributed by atoms with Gasteiger partial charge in [0.05, 0.1) is 31.5 Å². The highest BCUT2D eigenvalue weighted by atomic mass is 16.6. The number of hydrogen-bond donors (Lipinski definition) is 2. The molecule has 12 heteroatoms. The summed E-state index contributed by atoms with van der Waals surface area (Å²) in [5.41, 5.74) is 3.98. The minimum absolute atomic E-state index is 0.148. The highest BCUT2D eigenvalue weighted by molar-refractivity contribution is 5.82. The molecule has 4 rings (SSSR count). The normalized spacial score (nSPS) is 13.7. The topological polar surface area (TPSA) is 140 Å². The average Bonchev–Trinajstić information content (AvgIpc) is 2.85. The molecule has 0 spiro atoms. The van der Waals surface area contributed by atoms with Crippen molar-refractivity contribution in [2.45, 2.75) is 0 Å². The van der Waals surface area contributed by atoms with Crippen molar-refractivity contribution in [2.75, 3.05) is 49.1 Å². The van der Waals surface area contributed by atoms with Crippen LogP contribution in [0.25, 0.3) is 0 Å². The molecule has 1 aliphatic rings. The molecule has 2 heterocycles. The van der Waals surface area contributed by atoms with Gasteiger partial charge in [0.25, 0.3) is 0 Å². The summed E-state index contributed by atoms with van der Waals surface area (Å²) in [6.07, 6.45) is 1.44. The van der Waals surface area contributed by atoms with Gasteiger partial charge in [0.2, 0.25) is 17.8 Å². The molecule has 1 fully saturated rings. The van der Waals surface area contributed by atoms with Crippen molar-refractivity contribution >= 4 is 35.4 Å². The fourth-order valence-electron chi connectivity index (χ4n) is 3.12. The Balaban J connectivity index is 1.56. The van der Waals surface area contributed by atoms with Crippen LogP contribution in [-0.2, 0) is 4.74 Å². The van der Waals surface area contributed by atoms with Gasteiger partial charge in [-0.25, -0.2) is 5.43 Å². The Labute approximate surface area is 189 Å². The first-order valence-electron chi connectivity index (χ1n) is 10.1. The lowest BCUT2D eigenvalue weighted by Crippen LogP contribution is -2.37. The number of nitro benzene ring substituents is 1. The van der Waals surface area contributed by atoms with Gasteiger partial charge in [-0.15, -0.1) is 0 Å². The predicted molar refractivity (Wildman–Crippen MR) is 123 cm³/mol. The van der Waals surface area contributed by atoms with Crippen molar-refractivity contribution in [3.05, 3.63) is 64.2 Å². The summed E-state index contributed by atoms with van der Waals surface area (Å²) in [5.74, 6) is 1.25. The number of nitrogens with zero attached hydrogens (tertiary/aromatic N) is 6. The molecule has 2 aromatic carbocycles. The van der Waals surface area contributed by atoms with E-state index < -0.39 is 4.92 Å². The summed E-state index contributed by atoms with van der Waals surface area (Å²) in [7, 11) is 1.38. The Morgan fingerprint density at radius 3 is 2.61 bits per heavy atom. The Morgan fingerprint density at radius 2 is 1.88 bits per heavy atom. The van der Waals surface area contributed by atoms with E-state index in [2.05, 4.69) is 30.8 Å². The summed E-state index contributed by atoms with van der Waals surface area (Å²) < 4.78 is 10.4. The molecule has 1 aliphatic heterocycles. The van der Waals surface area contributed by atoms with Crippen LogP contribution in [0, 0.1) is 10.1 Å². The maximum Gasteiger partial charge on any atom is 0.311 e. The van der Waals surface area contributed by atoms with Gasteiger partial charge in [-0.2, -0.15) is 20.1 Å². The Kier molecular flexibility index (Phi) is 6.85. The van der Waals surface area contributed by atoms with Crippen LogP contribution in [0.3, 0.4) is 0 Å². The molecule has 33 heavy (non-hydrogen) atoms. The Bertz CT molecular complexity index is 1140. The molecule has 12 nitrogen and oxygen atoms in total. The number of aromatic nitrogens is 3. The van der Waals surface area contributed by atoms with Crippen LogP contribution in [-0.4, -0.2) is 59.5 Å². The number of nitrogens with one attached hydrogen (secondary N) is 2. The van der Waals surface area contributed by atoms with Crippen molar-refractivity contribution in [3.63, 3.8) is 0 Å². The number of methoxy groups -OCH3 is 1. The largest absolute Gasteiger partial charge is 0.490 e. The smallest absolute Gasteiger partial charge is 0.311 e. The molecule has 0 saturated carbocycles. The molecule has 0 radical (unpaired) electrons. The van der Waals surface area contributed by atoms with Gasteiger partial charge < -0.3 is 19.7 Å². The maximum absolute atomic E-state index is 11.2. The van der Waals surface area contributed by atoms with Gasteiger partial charge in [-0.3, -0.25) is 10.1 Å². The monoisotopic (exact) mass is 450 g/mol. The second-order valence-corrected chi connectivity index (χ2v) is 6.93. The first-order valence-corrected chi connectivity index (χ1v) is 10.1. The lowest BCUT2D eigenvalue weighted by atomic mass is 10.2. The van der Waals surface area contributed by atoms with Crippen LogP contribution in [0.5, 0.6) is 5.75 Å². The Hall–Kier alpha value is -4.32. The number of rotatable bonds is 8.